The minimum Gasteiger partial charge on any atom is -0.390 e. The lowest BCUT2D eigenvalue weighted by Crippen LogP contribution is -2.51. The average molecular weight is 804 g/mol. The van der Waals surface area contributed by atoms with Crippen molar-refractivity contribution in [2.45, 2.75) is 231 Å². The van der Waals surface area contributed by atoms with E-state index in [1.165, 1.54) is 148 Å². The normalized spacial score (nSPS) is 15.0. The van der Waals surface area contributed by atoms with Gasteiger partial charge in [0, 0.05) is 6.42 Å². The highest BCUT2D eigenvalue weighted by Gasteiger charge is 2.31. The van der Waals surface area contributed by atoms with Gasteiger partial charge < -0.3 is 24.9 Å². The number of carbonyl (C=O) groups is 1. The van der Waals surface area contributed by atoms with Crippen molar-refractivity contribution in [3.63, 3.8) is 0 Å². The molecular weight excluding hydrogens is 711 g/mol. The molecule has 0 bridgehead atoms. The van der Waals surface area contributed by atoms with Crippen LogP contribution in [0.5, 0.6) is 0 Å². The molecule has 1 amide bonds. The molecular formula is C45H92N2O7P+. The second-order valence-corrected chi connectivity index (χ2v) is 18.7. The number of nitrogens with zero attached hydrogens (tertiary/aromatic N) is 1. The summed E-state index contributed by atoms with van der Waals surface area (Å²) >= 11 is 0. The number of unbranched alkanes of at least 4 members (excludes halogenated alkanes) is 26. The van der Waals surface area contributed by atoms with Gasteiger partial charge in [-0.1, -0.05) is 180 Å². The van der Waals surface area contributed by atoms with Gasteiger partial charge in [0.1, 0.15) is 19.3 Å². The van der Waals surface area contributed by atoms with E-state index in [0.29, 0.717) is 30.3 Å². The van der Waals surface area contributed by atoms with Gasteiger partial charge in [-0.3, -0.25) is 13.8 Å². The number of quaternary nitrogens is 1. The van der Waals surface area contributed by atoms with Gasteiger partial charge in [-0.15, -0.1) is 0 Å². The zero-order valence-electron chi connectivity index (χ0n) is 36.8. The molecule has 0 aromatic carbocycles. The van der Waals surface area contributed by atoms with Gasteiger partial charge in [-0.05, 0) is 38.5 Å². The Hall–Kier alpha value is -0.800. The predicted molar refractivity (Wildman–Crippen MR) is 232 cm³/mol. The maximum atomic E-state index is 12.9. The molecule has 0 aliphatic heterocycles. The quantitative estimate of drug-likeness (QED) is 0.0209. The lowest BCUT2D eigenvalue weighted by Gasteiger charge is -2.28. The zero-order chi connectivity index (χ0) is 40.9. The summed E-state index contributed by atoms with van der Waals surface area (Å²) in [4.78, 5) is 23.2. The van der Waals surface area contributed by atoms with Crippen LogP contribution >= 0.6 is 7.82 Å². The summed E-state index contributed by atoms with van der Waals surface area (Å²) in [7, 11) is 1.43. The molecule has 0 aromatic heterocycles. The number of likely N-dealkylation sites (N-methyl/N-ethyl adjacent to an activating group) is 1. The fraction of sp³-hybridized carbons (Fsp3) is 0.933. The van der Waals surface area contributed by atoms with E-state index < -0.39 is 32.7 Å². The molecule has 0 saturated carbocycles. The Bertz CT molecular complexity index is 929. The van der Waals surface area contributed by atoms with Crippen molar-refractivity contribution in [2.75, 3.05) is 40.9 Å². The third-order valence-electron chi connectivity index (χ3n) is 10.6. The van der Waals surface area contributed by atoms with Crippen molar-refractivity contribution >= 4 is 13.7 Å². The summed E-state index contributed by atoms with van der Waals surface area (Å²) in [6.07, 6.45) is 38.5. The van der Waals surface area contributed by atoms with Crippen LogP contribution in [0.3, 0.4) is 0 Å². The molecule has 4 atom stereocenters. The van der Waals surface area contributed by atoms with Crippen LogP contribution < -0.4 is 5.32 Å². The van der Waals surface area contributed by atoms with Crippen LogP contribution in [0, 0.1) is 0 Å². The van der Waals surface area contributed by atoms with E-state index in [1.54, 1.807) is 0 Å². The third-order valence-corrected chi connectivity index (χ3v) is 11.6. The number of aliphatic hydroxyl groups excluding tert-OH is 2. The average Bonchev–Trinajstić information content (AvgIpc) is 3.13. The lowest BCUT2D eigenvalue weighted by molar-refractivity contribution is -0.870. The number of phosphoric ester groups is 1. The summed E-state index contributed by atoms with van der Waals surface area (Å²) in [5.41, 5.74) is 0. The van der Waals surface area contributed by atoms with Crippen LogP contribution in [-0.4, -0.2) is 84.6 Å². The number of hydrogen-bond donors (Lipinski definition) is 4. The van der Waals surface area contributed by atoms with E-state index in [9.17, 15) is 24.5 Å². The Balaban J connectivity index is 4.43. The number of allylic oxidation sites excluding steroid dienone is 2. The smallest absolute Gasteiger partial charge is 0.390 e. The monoisotopic (exact) mass is 804 g/mol. The van der Waals surface area contributed by atoms with Gasteiger partial charge in [-0.25, -0.2) is 4.57 Å². The number of nitrogens with one attached hydrogen (secondary N) is 1. The van der Waals surface area contributed by atoms with Crippen LogP contribution in [0.25, 0.3) is 0 Å². The van der Waals surface area contributed by atoms with Crippen molar-refractivity contribution in [3.05, 3.63) is 12.2 Å². The number of carbonyl (C=O) groups excluding carboxylic acids is 1. The van der Waals surface area contributed by atoms with Gasteiger partial charge in [-0.2, -0.15) is 0 Å². The van der Waals surface area contributed by atoms with E-state index >= 15 is 0 Å². The highest BCUT2D eigenvalue weighted by Crippen LogP contribution is 2.43. The van der Waals surface area contributed by atoms with Crippen LogP contribution in [0.15, 0.2) is 12.2 Å². The highest BCUT2D eigenvalue weighted by atomic mass is 31.2. The first-order chi connectivity index (χ1) is 26.4. The Kier molecular flexibility index (Phi) is 36.9. The maximum Gasteiger partial charge on any atom is 0.472 e. The Morgan fingerprint density at radius 1 is 0.618 bits per heavy atom. The molecule has 4 N–H and O–H groups in total. The van der Waals surface area contributed by atoms with Gasteiger partial charge in [0.2, 0.25) is 5.91 Å². The third kappa shape index (κ3) is 38.5. The van der Waals surface area contributed by atoms with E-state index in [0.717, 1.165) is 32.1 Å². The van der Waals surface area contributed by atoms with Crippen LogP contribution in [0.4, 0.5) is 0 Å². The van der Waals surface area contributed by atoms with Crippen molar-refractivity contribution in [3.8, 4) is 0 Å². The molecule has 0 saturated heterocycles. The molecule has 55 heavy (non-hydrogen) atoms. The number of rotatable bonds is 42. The molecule has 10 heteroatoms. The second-order valence-electron chi connectivity index (χ2n) is 17.3. The first kappa shape index (κ1) is 54.2. The van der Waals surface area contributed by atoms with Gasteiger partial charge >= 0.3 is 7.82 Å². The van der Waals surface area contributed by atoms with Gasteiger partial charge in [0.05, 0.1) is 39.9 Å². The molecule has 0 rings (SSSR count). The Morgan fingerprint density at radius 2 is 1.02 bits per heavy atom. The molecule has 0 heterocycles. The standard InChI is InChI=1S/C45H91N2O7P/c1-6-8-10-12-14-16-18-20-21-22-23-24-25-26-28-30-32-34-36-38-44(49)46-42(41-54-55(51,52)53-40-39-47(3,4)5)45(50)43(48)37-35-33-31-29-27-19-17-15-13-11-9-7-2/h29,31,42-43,45,48,50H,6-28,30,32-41H2,1-5H3,(H-,46,49,51,52)/p+1/b31-29+. The fourth-order valence-electron chi connectivity index (χ4n) is 6.85. The SMILES string of the molecule is CCCCCCCCC/C=C/CCCC(O)C(O)C(COP(=O)(O)OCC[N+](C)(C)C)NC(=O)CCCCCCCCCCCCCCCCCCCCC. The topological polar surface area (TPSA) is 125 Å². The summed E-state index contributed by atoms with van der Waals surface area (Å²) in [5, 5.41) is 24.6. The lowest BCUT2D eigenvalue weighted by atomic mass is 10.0. The molecule has 328 valence electrons. The summed E-state index contributed by atoms with van der Waals surface area (Å²) in [6, 6.07) is -1.04. The van der Waals surface area contributed by atoms with Crippen LogP contribution in [0.2, 0.25) is 0 Å². The number of amides is 1. The first-order valence-corrected chi connectivity index (χ1v) is 24.6. The molecule has 9 nitrogen and oxygen atoms in total. The largest absolute Gasteiger partial charge is 0.472 e. The molecule has 0 spiro atoms. The first-order valence-electron chi connectivity index (χ1n) is 23.1. The highest BCUT2D eigenvalue weighted by molar-refractivity contribution is 7.47. The Morgan fingerprint density at radius 3 is 1.45 bits per heavy atom. The van der Waals surface area contributed by atoms with Gasteiger partial charge in [0.25, 0.3) is 0 Å². The van der Waals surface area contributed by atoms with Crippen molar-refractivity contribution in [2.24, 2.45) is 0 Å². The van der Waals surface area contributed by atoms with Crippen molar-refractivity contribution < 1.29 is 38.0 Å². The van der Waals surface area contributed by atoms with Gasteiger partial charge in [0.15, 0.2) is 0 Å². The zero-order valence-corrected chi connectivity index (χ0v) is 37.7. The van der Waals surface area contributed by atoms with E-state index in [-0.39, 0.29) is 12.5 Å². The van der Waals surface area contributed by atoms with Crippen LogP contribution in [-0.2, 0) is 18.4 Å². The minimum atomic E-state index is -4.42. The number of hydrogen-bond acceptors (Lipinski definition) is 6. The molecule has 0 aliphatic carbocycles. The molecule has 0 aromatic rings. The number of phosphoric acid groups is 1. The van der Waals surface area contributed by atoms with E-state index in [1.807, 2.05) is 21.1 Å². The molecule has 0 aliphatic rings. The summed E-state index contributed by atoms with van der Waals surface area (Å²) < 4.78 is 23.5. The van der Waals surface area contributed by atoms with Crippen molar-refractivity contribution in [1.82, 2.24) is 5.32 Å². The Labute approximate surface area is 340 Å². The molecule has 0 fully saturated rings. The van der Waals surface area contributed by atoms with E-state index in [2.05, 4.69) is 31.3 Å². The maximum absolute atomic E-state index is 12.9. The van der Waals surface area contributed by atoms with Crippen LogP contribution in [0.1, 0.15) is 213 Å². The molecule has 4 unspecified atom stereocenters. The summed E-state index contributed by atoms with van der Waals surface area (Å²) in [5.74, 6) is -0.265. The molecule has 0 radical (unpaired) electrons. The van der Waals surface area contributed by atoms with E-state index in [4.69, 9.17) is 9.05 Å². The fourth-order valence-corrected chi connectivity index (χ4v) is 7.59. The summed E-state index contributed by atoms with van der Waals surface area (Å²) in [6.45, 7) is 4.59. The minimum absolute atomic E-state index is 0.0192. The van der Waals surface area contributed by atoms with Crippen molar-refractivity contribution in [1.29, 1.82) is 0 Å². The predicted octanol–water partition coefficient (Wildman–Crippen LogP) is 11.7. The second kappa shape index (κ2) is 37.5. The number of aliphatic hydroxyl groups is 2.